The molecule has 0 radical (unpaired) electrons. The first-order chi connectivity index (χ1) is 9.16. The molecule has 0 saturated carbocycles. The van der Waals surface area contributed by atoms with Crippen LogP contribution in [0.25, 0.3) is 0 Å². The van der Waals surface area contributed by atoms with Crippen molar-refractivity contribution in [3.63, 3.8) is 0 Å². The summed E-state index contributed by atoms with van der Waals surface area (Å²) in [5.41, 5.74) is 6.20. The third-order valence-electron chi connectivity index (χ3n) is 2.99. The third kappa shape index (κ3) is 3.80. The van der Waals surface area contributed by atoms with Crippen LogP contribution < -0.4 is 11.1 Å². The van der Waals surface area contributed by atoms with Gasteiger partial charge in [-0.25, -0.2) is 9.78 Å². The molecular weight excluding hydrogens is 248 g/mol. The van der Waals surface area contributed by atoms with Crippen molar-refractivity contribution >= 4 is 17.5 Å². The average Bonchev–Trinajstić information content (AvgIpc) is 2.41. The molecule has 7 heteroatoms. The van der Waals surface area contributed by atoms with Crippen molar-refractivity contribution in [1.82, 2.24) is 9.88 Å². The molecule has 0 amide bonds. The number of rotatable bonds is 5. The Balaban J connectivity index is 1.83. The lowest BCUT2D eigenvalue weighted by Crippen LogP contribution is -2.39. The van der Waals surface area contributed by atoms with Crippen molar-refractivity contribution in [2.45, 2.75) is 0 Å². The van der Waals surface area contributed by atoms with E-state index < -0.39 is 5.97 Å². The molecule has 0 aliphatic carbocycles. The van der Waals surface area contributed by atoms with E-state index in [1.165, 1.54) is 12.3 Å². The molecule has 1 aliphatic heterocycles. The quantitative estimate of drug-likeness (QED) is 0.695. The molecule has 0 spiro atoms. The van der Waals surface area contributed by atoms with Gasteiger partial charge in [0.15, 0.2) is 0 Å². The number of carboxylic acids is 1. The van der Waals surface area contributed by atoms with Crippen LogP contribution in [0.2, 0.25) is 0 Å². The second-order valence-corrected chi connectivity index (χ2v) is 4.35. The van der Waals surface area contributed by atoms with Gasteiger partial charge in [-0.05, 0) is 6.07 Å². The number of anilines is 2. The Hall–Kier alpha value is -1.86. The Labute approximate surface area is 111 Å². The van der Waals surface area contributed by atoms with Crippen LogP contribution in [0.3, 0.4) is 0 Å². The van der Waals surface area contributed by atoms with Gasteiger partial charge in [0.2, 0.25) is 0 Å². The number of nitrogens with two attached hydrogens (primary N) is 1. The zero-order valence-electron chi connectivity index (χ0n) is 10.6. The maximum atomic E-state index is 10.8. The fraction of sp³-hybridized carbons (Fsp3) is 0.500. The van der Waals surface area contributed by atoms with Gasteiger partial charge < -0.3 is 20.9 Å². The van der Waals surface area contributed by atoms with Crippen molar-refractivity contribution in [2.24, 2.45) is 0 Å². The van der Waals surface area contributed by atoms with Gasteiger partial charge in [0, 0.05) is 32.4 Å². The topological polar surface area (TPSA) is 101 Å². The van der Waals surface area contributed by atoms with E-state index in [4.69, 9.17) is 15.6 Å². The van der Waals surface area contributed by atoms with Crippen molar-refractivity contribution < 1.29 is 14.6 Å². The number of carbonyl (C=O) groups is 1. The van der Waals surface area contributed by atoms with Crippen LogP contribution in [0.1, 0.15) is 10.4 Å². The molecule has 1 saturated heterocycles. The number of hydrogen-bond acceptors (Lipinski definition) is 6. The standard InChI is InChI=1S/C12H18N4O3/c13-10-7-9(12(17)18)8-15-11(10)14-1-2-16-3-5-19-6-4-16/h7-8H,1-6,13H2,(H,14,15)(H,17,18). The van der Waals surface area contributed by atoms with Crippen LogP contribution in [-0.4, -0.2) is 60.4 Å². The van der Waals surface area contributed by atoms with E-state index in [0.29, 0.717) is 18.1 Å². The largest absolute Gasteiger partial charge is 0.478 e. The van der Waals surface area contributed by atoms with Crippen LogP contribution in [0.4, 0.5) is 11.5 Å². The fourth-order valence-corrected chi connectivity index (χ4v) is 1.90. The lowest BCUT2D eigenvalue weighted by atomic mass is 10.2. The number of ether oxygens (including phenoxy) is 1. The third-order valence-corrected chi connectivity index (χ3v) is 2.99. The van der Waals surface area contributed by atoms with E-state index in [-0.39, 0.29) is 5.56 Å². The maximum absolute atomic E-state index is 10.8. The van der Waals surface area contributed by atoms with Crippen molar-refractivity contribution in [1.29, 1.82) is 0 Å². The highest BCUT2D eigenvalue weighted by Crippen LogP contribution is 2.16. The van der Waals surface area contributed by atoms with Crippen LogP contribution in [0.5, 0.6) is 0 Å². The minimum absolute atomic E-state index is 0.0937. The molecule has 1 aromatic rings. The number of morpholine rings is 1. The number of nitrogens with zero attached hydrogens (tertiary/aromatic N) is 2. The van der Waals surface area contributed by atoms with Gasteiger partial charge in [-0.2, -0.15) is 0 Å². The summed E-state index contributed by atoms with van der Waals surface area (Å²) in [6.45, 7) is 5.00. The Bertz CT molecular complexity index is 447. The van der Waals surface area contributed by atoms with Gasteiger partial charge >= 0.3 is 5.97 Å². The SMILES string of the molecule is Nc1cc(C(=O)O)cnc1NCCN1CCOCC1. The van der Waals surface area contributed by atoms with Crippen LogP contribution in [0.15, 0.2) is 12.3 Å². The van der Waals surface area contributed by atoms with Crippen LogP contribution in [0, 0.1) is 0 Å². The predicted molar refractivity (Wildman–Crippen MR) is 71.4 cm³/mol. The summed E-state index contributed by atoms with van der Waals surface area (Å²) in [7, 11) is 0. The van der Waals surface area contributed by atoms with Crippen molar-refractivity contribution in [3.8, 4) is 0 Å². The highest BCUT2D eigenvalue weighted by atomic mass is 16.5. The van der Waals surface area contributed by atoms with Gasteiger partial charge in [-0.1, -0.05) is 0 Å². The lowest BCUT2D eigenvalue weighted by Gasteiger charge is -2.26. The fourth-order valence-electron chi connectivity index (χ4n) is 1.90. The number of hydrogen-bond donors (Lipinski definition) is 3. The van der Waals surface area contributed by atoms with E-state index in [2.05, 4.69) is 15.2 Å². The Morgan fingerprint density at radius 1 is 1.53 bits per heavy atom. The molecule has 1 aromatic heterocycles. The summed E-state index contributed by atoms with van der Waals surface area (Å²) in [4.78, 5) is 17.1. The Morgan fingerprint density at radius 2 is 2.26 bits per heavy atom. The average molecular weight is 266 g/mol. The van der Waals surface area contributed by atoms with Gasteiger partial charge in [0.25, 0.3) is 0 Å². The first kappa shape index (κ1) is 13.6. The van der Waals surface area contributed by atoms with Gasteiger partial charge in [-0.3, -0.25) is 4.90 Å². The smallest absolute Gasteiger partial charge is 0.337 e. The molecule has 19 heavy (non-hydrogen) atoms. The van der Waals surface area contributed by atoms with Crippen molar-refractivity contribution in [2.75, 3.05) is 50.4 Å². The minimum Gasteiger partial charge on any atom is -0.478 e. The zero-order valence-corrected chi connectivity index (χ0v) is 10.6. The molecule has 2 heterocycles. The highest BCUT2D eigenvalue weighted by Gasteiger charge is 2.10. The molecule has 104 valence electrons. The summed E-state index contributed by atoms with van der Waals surface area (Å²) >= 11 is 0. The molecule has 1 fully saturated rings. The Kier molecular flexibility index (Phi) is 4.53. The van der Waals surface area contributed by atoms with E-state index in [9.17, 15) is 4.79 Å². The maximum Gasteiger partial charge on any atom is 0.337 e. The molecule has 7 nitrogen and oxygen atoms in total. The molecule has 0 unspecified atom stereocenters. The first-order valence-electron chi connectivity index (χ1n) is 6.19. The van der Waals surface area contributed by atoms with Gasteiger partial charge in [0.05, 0.1) is 24.5 Å². The van der Waals surface area contributed by atoms with E-state index in [0.717, 1.165) is 32.8 Å². The Morgan fingerprint density at radius 3 is 2.89 bits per heavy atom. The molecule has 0 atom stereocenters. The molecule has 0 aromatic carbocycles. The molecule has 4 N–H and O–H groups in total. The van der Waals surface area contributed by atoms with Crippen LogP contribution >= 0.6 is 0 Å². The van der Waals surface area contributed by atoms with Gasteiger partial charge in [0.1, 0.15) is 5.82 Å². The summed E-state index contributed by atoms with van der Waals surface area (Å²) in [5, 5.41) is 11.9. The normalized spacial score (nSPS) is 16.2. The molecule has 2 rings (SSSR count). The van der Waals surface area contributed by atoms with Crippen molar-refractivity contribution in [3.05, 3.63) is 17.8 Å². The number of aromatic nitrogens is 1. The summed E-state index contributed by atoms with van der Waals surface area (Å²) in [5.74, 6) is -0.502. The monoisotopic (exact) mass is 266 g/mol. The van der Waals surface area contributed by atoms with Crippen LogP contribution in [-0.2, 0) is 4.74 Å². The zero-order chi connectivity index (χ0) is 13.7. The number of nitrogen functional groups attached to an aromatic ring is 1. The minimum atomic E-state index is -1.03. The highest BCUT2D eigenvalue weighted by molar-refractivity contribution is 5.89. The summed E-state index contributed by atoms with van der Waals surface area (Å²) < 4.78 is 5.27. The second-order valence-electron chi connectivity index (χ2n) is 4.35. The van der Waals surface area contributed by atoms with Gasteiger partial charge in [-0.15, -0.1) is 0 Å². The molecule has 0 bridgehead atoms. The summed E-state index contributed by atoms with van der Waals surface area (Å²) in [6.07, 6.45) is 1.30. The number of carboxylic acid groups (broad SMARTS) is 1. The first-order valence-corrected chi connectivity index (χ1v) is 6.19. The van der Waals surface area contributed by atoms with E-state index >= 15 is 0 Å². The number of nitrogens with one attached hydrogen (secondary N) is 1. The lowest BCUT2D eigenvalue weighted by molar-refractivity contribution is 0.0398. The predicted octanol–water partition coefficient (Wildman–Crippen LogP) is 0.106. The molecular formula is C12H18N4O3. The van der Waals surface area contributed by atoms with E-state index in [1.807, 2.05) is 0 Å². The number of aromatic carboxylic acids is 1. The molecule has 1 aliphatic rings. The second kappa shape index (κ2) is 6.35. The van der Waals surface area contributed by atoms with E-state index in [1.54, 1.807) is 0 Å². The number of pyridine rings is 1. The summed E-state index contributed by atoms with van der Waals surface area (Å²) in [6, 6.07) is 1.41.